The highest BCUT2D eigenvalue weighted by molar-refractivity contribution is 6.01. The molecule has 3 rings (SSSR count). The number of halogens is 2. The first kappa shape index (κ1) is 35.1. The molecule has 0 amide bonds. The third-order valence-corrected chi connectivity index (χ3v) is 7.10. The number of piperazine rings is 1. The highest BCUT2D eigenvalue weighted by atomic mass is 35.5. The summed E-state index contributed by atoms with van der Waals surface area (Å²) in [5.74, 6) is 2.55. The lowest BCUT2D eigenvalue weighted by molar-refractivity contribution is 0.0552. The van der Waals surface area contributed by atoms with E-state index in [0.29, 0.717) is 71.8 Å². The van der Waals surface area contributed by atoms with E-state index in [1.807, 2.05) is 13.8 Å². The summed E-state index contributed by atoms with van der Waals surface area (Å²) in [6.07, 6.45) is 0. The molecule has 224 valence electrons. The summed E-state index contributed by atoms with van der Waals surface area (Å²) >= 11 is 0. The summed E-state index contributed by atoms with van der Waals surface area (Å²) in [6, 6.07) is 5.98. The predicted molar refractivity (Wildman–Crippen MR) is 157 cm³/mol. The zero-order valence-electron chi connectivity index (χ0n) is 24.3. The van der Waals surface area contributed by atoms with E-state index in [1.165, 1.54) is 42.7 Å². The van der Waals surface area contributed by atoms with Crippen LogP contribution in [-0.2, 0) is 0 Å². The first-order valence-corrected chi connectivity index (χ1v) is 12.4. The van der Waals surface area contributed by atoms with Gasteiger partial charge in [0.2, 0.25) is 11.5 Å². The first-order valence-electron chi connectivity index (χ1n) is 12.4. The molecular weight excluding hydrogens is 563 g/mol. The monoisotopic (exact) mass is 602 g/mol. The first-order chi connectivity index (χ1) is 18.2. The minimum atomic E-state index is -0.360. The lowest BCUT2D eigenvalue weighted by Crippen LogP contribution is -2.55. The minimum Gasteiger partial charge on any atom is -0.493 e. The second-order valence-electron chi connectivity index (χ2n) is 8.98. The molecule has 0 spiro atoms. The van der Waals surface area contributed by atoms with Gasteiger partial charge in [0.25, 0.3) is 0 Å². The Morgan fingerprint density at radius 2 is 0.800 bits per heavy atom. The van der Waals surface area contributed by atoms with Crippen molar-refractivity contribution in [1.82, 2.24) is 9.80 Å². The van der Waals surface area contributed by atoms with E-state index < -0.39 is 0 Å². The highest BCUT2D eigenvalue weighted by Gasteiger charge is 2.32. The van der Waals surface area contributed by atoms with Crippen LogP contribution in [0.15, 0.2) is 24.3 Å². The van der Waals surface area contributed by atoms with E-state index in [-0.39, 0.29) is 48.5 Å². The van der Waals surface area contributed by atoms with E-state index in [4.69, 9.17) is 28.4 Å². The quantitative estimate of drug-likeness (QED) is 0.331. The maximum absolute atomic E-state index is 13.4. The van der Waals surface area contributed by atoms with Crippen LogP contribution in [-0.4, -0.2) is 102 Å². The summed E-state index contributed by atoms with van der Waals surface area (Å²) in [5, 5.41) is 0. The second-order valence-corrected chi connectivity index (χ2v) is 8.98. The number of benzene rings is 2. The number of nitrogens with zero attached hydrogens (tertiary/aromatic N) is 2. The summed E-state index contributed by atoms with van der Waals surface area (Å²) in [7, 11) is 9.14. The Hall–Kier alpha value is -2.92. The average Bonchev–Trinajstić information content (AvgIpc) is 2.97. The average molecular weight is 604 g/mol. The zero-order valence-corrected chi connectivity index (χ0v) is 25.9. The maximum Gasteiger partial charge on any atom is 0.203 e. The van der Waals surface area contributed by atoms with Gasteiger partial charge in [0.1, 0.15) is 0 Å². The third-order valence-electron chi connectivity index (χ3n) is 7.10. The van der Waals surface area contributed by atoms with Gasteiger partial charge < -0.3 is 28.4 Å². The van der Waals surface area contributed by atoms with Crippen molar-refractivity contribution in [1.29, 1.82) is 0 Å². The maximum atomic E-state index is 13.4. The normalized spacial score (nSPS) is 15.0. The van der Waals surface area contributed by atoms with Crippen LogP contribution in [0.3, 0.4) is 0 Å². The van der Waals surface area contributed by atoms with E-state index in [1.54, 1.807) is 24.3 Å². The molecule has 1 fully saturated rings. The molecule has 0 aromatic heterocycles. The lowest BCUT2D eigenvalue weighted by Gasteiger charge is -2.39. The third kappa shape index (κ3) is 7.23. The number of carbonyl (C=O) groups is 2. The molecule has 2 atom stereocenters. The Morgan fingerprint density at radius 3 is 1.00 bits per heavy atom. The molecule has 10 nitrogen and oxygen atoms in total. The van der Waals surface area contributed by atoms with Gasteiger partial charge in [-0.25, -0.2) is 0 Å². The van der Waals surface area contributed by atoms with Crippen molar-refractivity contribution in [2.45, 2.75) is 25.9 Å². The topological polar surface area (TPSA) is 96.0 Å². The molecule has 2 aromatic rings. The summed E-state index contributed by atoms with van der Waals surface area (Å²) in [5.41, 5.74) is 0.973. The van der Waals surface area contributed by atoms with Gasteiger partial charge in [-0.3, -0.25) is 19.4 Å². The van der Waals surface area contributed by atoms with Crippen molar-refractivity contribution < 1.29 is 38.0 Å². The number of ether oxygens (including phenoxy) is 6. The number of rotatable bonds is 12. The van der Waals surface area contributed by atoms with Crippen molar-refractivity contribution in [3.05, 3.63) is 35.4 Å². The van der Waals surface area contributed by atoms with Crippen LogP contribution in [0, 0.1) is 0 Å². The van der Waals surface area contributed by atoms with Gasteiger partial charge in [0.05, 0.1) is 54.7 Å². The molecule has 0 N–H and O–H groups in total. The van der Waals surface area contributed by atoms with Crippen LogP contribution in [0.2, 0.25) is 0 Å². The predicted octanol–water partition coefficient (Wildman–Crippen LogP) is 4.04. The summed E-state index contributed by atoms with van der Waals surface area (Å²) < 4.78 is 32.4. The lowest BCUT2D eigenvalue weighted by atomic mass is 10.0. The summed E-state index contributed by atoms with van der Waals surface area (Å²) in [4.78, 5) is 31.0. The van der Waals surface area contributed by atoms with E-state index in [0.717, 1.165) is 0 Å². The van der Waals surface area contributed by atoms with Gasteiger partial charge in [-0.15, -0.1) is 24.8 Å². The van der Waals surface area contributed by atoms with Gasteiger partial charge in [0.15, 0.2) is 34.6 Å². The molecule has 1 aliphatic heterocycles. The molecule has 2 aromatic carbocycles. The molecule has 1 saturated heterocycles. The molecule has 1 aliphatic rings. The fourth-order valence-corrected chi connectivity index (χ4v) is 4.77. The van der Waals surface area contributed by atoms with Crippen LogP contribution in [0.5, 0.6) is 34.5 Å². The Bertz CT molecular complexity index is 1020. The van der Waals surface area contributed by atoms with Crippen molar-refractivity contribution in [3.63, 3.8) is 0 Å². The number of hydrogen-bond donors (Lipinski definition) is 0. The zero-order chi connectivity index (χ0) is 28.0. The molecule has 0 radical (unpaired) electrons. The molecule has 12 heteroatoms. The van der Waals surface area contributed by atoms with Gasteiger partial charge in [-0.1, -0.05) is 0 Å². The molecular formula is C28H40Cl2N2O8. The van der Waals surface area contributed by atoms with Crippen molar-refractivity contribution in [3.8, 4) is 34.5 Å². The summed E-state index contributed by atoms with van der Waals surface area (Å²) in [6.45, 7) is 6.36. The molecule has 0 saturated carbocycles. The highest BCUT2D eigenvalue weighted by Crippen LogP contribution is 2.39. The van der Waals surface area contributed by atoms with E-state index in [9.17, 15) is 9.59 Å². The smallest absolute Gasteiger partial charge is 0.203 e. The Labute approximate surface area is 248 Å². The van der Waals surface area contributed by atoms with Gasteiger partial charge in [-0.05, 0) is 38.1 Å². The van der Waals surface area contributed by atoms with Crippen LogP contribution in [0.1, 0.15) is 34.6 Å². The van der Waals surface area contributed by atoms with Crippen LogP contribution < -0.4 is 28.4 Å². The Balaban J connectivity index is 0.00000400. The Morgan fingerprint density at radius 1 is 0.550 bits per heavy atom. The SMILES string of the molecule is COc1cc(C(=O)C(C)N2CCN(C(C)C(=O)c3cc(OC)c(OC)c(OC)c3)CC2)cc(OC)c1OC.Cl.Cl. The molecule has 1 heterocycles. The Kier molecular flexibility index (Phi) is 13.8. The number of hydrogen-bond acceptors (Lipinski definition) is 10. The van der Waals surface area contributed by atoms with Crippen molar-refractivity contribution in [2.75, 3.05) is 68.8 Å². The standard InChI is InChI=1S/C28H38N2O8.2ClH/c1-17(25(31)19-13-21(33-3)27(37-7)22(14-19)34-4)29-9-11-30(12-10-29)18(2)26(32)20-15-23(35-5)28(38-8)24(16-20)36-6;;/h13-18H,9-12H2,1-8H3;2*1H. The van der Waals surface area contributed by atoms with Gasteiger partial charge >= 0.3 is 0 Å². The minimum absolute atomic E-state index is 0. The largest absolute Gasteiger partial charge is 0.493 e. The number of Topliss-reactive ketones (excluding diaryl/α,β-unsaturated/α-hetero) is 2. The number of carbonyl (C=O) groups excluding carboxylic acids is 2. The second kappa shape index (κ2) is 15.8. The fourth-order valence-electron chi connectivity index (χ4n) is 4.77. The number of methoxy groups -OCH3 is 6. The van der Waals surface area contributed by atoms with E-state index in [2.05, 4.69) is 9.80 Å². The van der Waals surface area contributed by atoms with Gasteiger partial charge in [0, 0.05) is 37.3 Å². The molecule has 40 heavy (non-hydrogen) atoms. The van der Waals surface area contributed by atoms with Crippen LogP contribution >= 0.6 is 24.8 Å². The molecule has 0 bridgehead atoms. The number of ketones is 2. The van der Waals surface area contributed by atoms with Crippen molar-refractivity contribution >= 4 is 36.4 Å². The fraction of sp³-hybridized carbons (Fsp3) is 0.500. The van der Waals surface area contributed by atoms with Gasteiger partial charge in [-0.2, -0.15) is 0 Å². The van der Waals surface area contributed by atoms with Crippen LogP contribution in [0.25, 0.3) is 0 Å². The van der Waals surface area contributed by atoms with Crippen LogP contribution in [0.4, 0.5) is 0 Å². The molecule has 2 unspecified atom stereocenters. The van der Waals surface area contributed by atoms with Crippen molar-refractivity contribution in [2.24, 2.45) is 0 Å². The van der Waals surface area contributed by atoms with E-state index >= 15 is 0 Å². The molecule has 0 aliphatic carbocycles.